The van der Waals surface area contributed by atoms with E-state index in [4.69, 9.17) is 5.73 Å². The molecular weight excluding hydrogens is 180 g/mol. The number of nitrogens with two attached hydrogens (primary N) is 1. The van der Waals surface area contributed by atoms with Crippen LogP contribution in [0.4, 0.5) is 5.95 Å². The number of H-pyrrole nitrogens is 1. The number of benzene rings is 1. The van der Waals surface area contributed by atoms with E-state index < -0.39 is 0 Å². The molecule has 0 aliphatic rings. The van der Waals surface area contributed by atoms with Gasteiger partial charge in [0.05, 0.1) is 0 Å². The van der Waals surface area contributed by atoms with Gasteiger partial charge in [0, 0.05) is 5.56 Å². The van der Waals surface area contributed by atoms with Crippen molar-refractivity contribution in [3.05, 3.63) is 40.7 Å². The first kappa shape index (κ1) is 8.43. The molecule has 3 N–H and O–H groups in total. The monoisotopic (exact) mass is 188 g/mol. The molecule has 0 atom stereocenters. The number of nitrogens with one attached hydrogen (secondary N) is 1. The summed E-state index contributed by atoms with van der Waals surface area (Å²) in [7, 11) is 0. The standard InChI is InChI=1S/C9H8N4O/c10-9-11-8(14)7(12-13-9)6-4-2-1-3-5-6/h1-5H,(H3,10,11,13,14). The van der Waals surface area contributed by atoms with Crippen LogP contribution in [-0.2, 0) is 0 Å². The Balaban J connectivity index is 2.59. The summed E-state index contributed by atoms with van der Waals surface area (Å²) in [5.74, 6) is 0.0229. The summed E-state index contributed by atoms with van der Waals surface area (Å²) in [6.07, 6.45) is 0. The number of hydrogen-bond acceptors (Lipinski definition) is 4. The molecule has 14 heavy (non-hydrogen) atoms. The number of hydrogen-bond donors (Lipinski definition) is 2. The van der Waals surface area contributed by atoms with Crippen LogP contribution in [0.3, 0.4) is 0 Å². The van der Waals surface area contributed by atoms with E-state index >= 15 is 0 Å². The minimum Gasteiger partial charge on any atom is -0.368 e. The molecule has 1 aromatic carbocycles. The molecule has 2 rings (SSSR count). The van der Waals surface area contributed by atoms with Gasteiger partial charge in [0.25, 0.3) is 5.56 Å². The summed E-state index contributed by atoms with van der Waals surface area (Å²) in [6.45, 7) is 0. The van der Waals surface area contributed by atoms with Crippen molar-refractivity contribution in [2.45, 2.75) is 0 Å². The third-order valence-corrected chi connectivity index (χ3v) is 1.76. The predicted molar refractivity (Wildman–Crippen MR) is 52.5 cm³/mol. The summed E-state index contributed by atoms with van der Waals surface area (Å²) in [4.78, 5) is 13.8. The first-order chi connectivity index (χ1) is 6.77. The highest BCUT2D eigenvalue weighted by atomic mass is 16.1. The van der Waals surface area contributed by atoms with Crippen LogP contribution >= 0.6 is 0 Å². The van der Waals surface area contributed by atoms with Crippen molar-refractivity contribution in [2.24, 2.45) is 0 Å². The van der Waals surface area contributed by atoms with Gasteiger partial charge in [-0.2, -0.15) is 0 Å². The van der Waals surface area contributed by atoms with Crippen molar-refractivity contribution >= 4 is 5.95 Å². The van der Waals surface area contributed by atoms with Gasteiger partial charge in [-0.25, -0.2) is 0 Å². The maximum Gasteiger partial charge on any atom is 0.279 e. The molecule has 0 aliphatic heterocycles. The van der Waals surface area contributed by atoms with E-state index in [0.29, 0.717) is 0 Å². The maximum absolute atomic E-state index is 11.4. The SMILES string of the molecule is Nc1nnc(-c2ccccc2)c(=O)[nH]1. The lowest BCUT2D eigenvalue weighted by Crippen LogP contribution is -2.15. The van der Waals surface area contributed by atoms with Gasteiger partial charge in [0.2, 0.25) is 5.95 Å². The molecule has 0 spiro atoms. The van der Waals surface area contributed by atoms with Crippen LogP contribution in [0.5, 0.6) is 0 Å². The minimum atomic E-state index is -0.330. The normalized spacial score (nSPS) is 10.0. The number of rotatable bonds is 1. The molecule has 1 heterocycles. The highest BCUT2D eigenvalue weighted by Crippen LogP contribution is 2.09. The van der Waals surface area contributed by atoms with Gasteiger partial charge in [0.15, 0.2) is 5.69 Å². The summed E-state index contributed by atoms with van der Waals surface area (Å²) in [6, 6.07) is 9.09. The fourth-order valence-electron chi connectivity index (χ4n) is 1.13. The summed E-state index contributed by atoms with van der Waals surface area (Å²) >= 11 is 0. The Hall–Kier alpha value is -2.17. The lowest BCUT2D eigenvalue weighted by molar-refractivity contribution is 0.969. The number of nitrogens with zero attached hydrogens (tertiary/aromatic N) is 2. The first-order valence-corrected chi connectivity index (χ1v) is 4.05. The zero-order valence-corrected chi connectivity index (χ0v) is 7.27. The van der Waals surface area contributed by atoms with Gasteiger partial charge < -0.3 is 5.73 Å². The van der Waals surface area contributed by atoms with E-state index in [1.165, 1.54) is 0 Å². The van der Waals surface area contributed by atoms with Crippen molar-refractivity contribution in [1.82, 2.24) is 15.2 Å². The van der Waals surface area contributed by atoms with E-state index in [9.17, 15) is 4.79 Å². The zero-order chi connectivity index (χ0) is 9.97. The van der Waals surface area contributed by atoms with E-state index in [2.05, 4.69) is 15.2 Å². The summed E-state index contributed by atoms with van der Waals surface area (Å²) in [5.41, 5.74) is 5.95. The van der Waals surface area contributed by atoms with Gasteiger partial charge in [-0.1, -0.05) is 30.3 Å². The molecule has 5 nitrogen and oxygen atoms in total. The molecule has 70 valence electrons. The predicted octanol–water partition coefficient (Wildman–Crippen LogP) is 0.414. The number of nitrogen functional groups attached to an aromatic ring is 1. The zero-order valence-electron chi connectivity index (χ0n) is 7.27. The first-order valence-electron chi connectivity index (χ1n) is 4.05. The van der Waals surface area contributed by atoms with Crippen molar-refractivity contribution < 1.29 is 0 Å². The van der Waals surface area contributed by atoms with Crippen LogP contribution in [0.15, 0.2) is 35.1 Å². The third-order valence-electron chi connectivity index (χ3n) is 1.76. The van der Waals surface area contributed by atoms with Crippen molar-refractivity contribution in [3.63, 3.8) is 0 Å². The average Bonchev–Trinajstić information content (AvgIpc) is 2.19. The second-order valence-corrected chi connectivity index (χ2v) is 2.75. The van der Waals surface area contributed by atoms with Crippen LogP contribution in [0, 0.1) is 0 Å². The molecule has 0 radical (unpaired) electrons. The molecular formula is C9H8N4O. The van der Waals surface area contributed by atoms with Gasteiger partial charge >= 0.3 is 0 Å². The third kappa shape index (κ3) is 1.47. The Morgan fingerprint density at radius 1 is 1.14 bits per heavy atom. The van der Waals surface area contributed by atoms with Gasteiger partial charge in [-0.05, 0) is 0 Å². The largest absolute Gasteiger partial charge is 0.368 e. The van der Waals surface area contributed by atoms with Crippen LogP contribution in [0.1, 0.15) is 0 Å². The Labute approximate surface area is 79.6 Å². The molecule has 0 unspecified atom stereocenters. The quantitative estimate of drug-likeness (QED) is 0.679. The summed E-state index contributed by atoms with van der Waals surface area (Å²) in [5, 5.41) is 7.32. The fourth-order valence-corrected chi connectivity index (χ4v) is 1.13. The summed E-state index contributed by atoms with van der Waals surface area (Å²) < 4.78 is 0. The Morgan fingerprint density at radius 2 is 1.86 bits per heavy atom. The van der Waals surface area contributed by atoms with E-state index in [0.717, 1.165) is 5.56 Å². The van der Waals surface area contributed by atoms with Crippen LogP contribution in [0.2, 0.25) is 0 Å². The van der Waals surface area contributed by atoms with Crippen LogP contribution in [-0.4, -0.2) is 15.2 Å². The Bertz CT molecular complexity index is 492. The maximum atomic E-state index is 11.4. The number of aromatic amines is 1. The highest BCUT2D eigenvalue weighted by molar-refractivity contribution is 5.57. The highest BCUT2D eigenvalue weighted by Gasteiger charge is 2.04. The van der Waals surface area contributed by atoms with Crippen LogP contribution in [0.25, 0.3) is 11.3 Å². The van der Waals surface area contributed by atoms with Gasteiger partial charge in [-0.15, -0.1) is 10.2 Å². The second-order valence-electron chi connectivity index (χ2n) is 2.75. The lowest BCUT2D eigenvalue weighted by atomic mass is 10.2. The molecule has 5 heteroatoms. The van der Waals surface area contributed by atoms with Crippen LogP contribution < -0.4 is 11.3 Å². The topological polar surface area (TPSA) is 84.7 Å². The van der Waals surface area contributed by atoms with E-state index in [1.807, 2.05) is 18.2 Å². The molecule has 0 amide bonds. The Kier molecular flexibility index (Phi) is 1.98. The molecule has 0 bridgehead atoms. The Morgan fingerprint density at radius 3 is 2.50 bits per heavy atom. The van der Waals surface area contributed by atoms with Gasteiger partial charge in [-0.3, -0.25) is 9.78 Å². The lowest BCUT2D eigenvalue weighted by Gasteiger charge is -1.97. The molecule has 0 aliphatic carbocycles. The minimum absolute atomic E-state index is 0.0229. The van der Waals surface area contributed by atoms with Gasteiger partial charge in [0.1, 0.15) is 0 Å². The average molecular weight is 188 g/mol. The fraction of sp³-hybridized carbons (Fsp3) is 0. The number of aromatic nitrogens is 3. The number of anilines is 1. The molecule has 0 saturated heterocycles. The van der Waals surface area contributed by atoms with Crippen molar-refractivity contribution in [1.29, 1.82) is 0 Å². The smallest absolute Gasteiger partial charge is 0.279 e. The van der Waals surface area contributed by atoms with Crippen molar-refractivity contribution in [2.75, 3.05) is 5.73 Å². The molecule has 0 fully saturated rings. The molecule has 0 saturated carbocycles. The molecule has 1 aromatic heterocycles. The van der Waals surface area contributed by atoms with E-state index in [1.54, 1.807) is 12.1 Å². The molecule has 2 aromatic rings. The van der Waals surface area contributed by atoms with E-state index in [-0.39, 0.29) is 17.2 Å². The van der Waals surface area contributed by atoms with Crippen molar-refractivity contribution in [3.8, 4) is 11.3 Å². The second kappa shape index (κ2) is 3.29.